The molecular formula is C14H23NO4. The van der Waals surface area contributed by atoms with Gasteiger partial charge in [-0.15, -0.1) is 0 Å². The lowest BCUT2D eigenvalue weighted by Gasteiger charge is -2.24. The van der Waals surface area contributed by atoms with E-state index in [1.807, 2.05) is 0 Å². The lowest BCUT2D eigenvalue weighted by molar-refractivity contribution is -0.148. The third-order valence-corrected chi connectivity index (χ3v) is 4.38. The number of aliphatic hydroxyl groups is 1. The van der Waals surface area contributed by atoms with E-state index in [9.17, 15) is 14.7 Å². The Bertz CT molecular complexity index is 338. The fourth-order valence-electron chi connectivity index (χ4n) is 3.27. The Balaban J connectivity index is 1.82. The van der Waals surface area contributed by atoms with Gasteiger partial charge in [-0.25, -0.2) is 4.79 Å². The number of hydrogen-bond acceptors (Lipinski definition) is 3. The summed E-state index contributed by atoms with van der Waals surface area (Å²) in [6.45, 7) is 0.167. The molecule has 1 saturated heterocycles. The summed E-state index contributed by atoms with van der Waals surface area (Å²) in [6, 6.07) is -0.839. The molecule has 1 aliphatic heterocycles. The van der Waals surface area contributed by atoms with E-state index in [2.05, 4.69) is 0 Å². The monoisotopic (exact) mass is 269 g/mol. The van der Waals surface area contributed by atoms with Crippen molar-refractivity contribution in [2.75, 3.05) is 6.54 Å². The Morgan fingerprint density at radius 2 is 1.84 bits per heavy atom. The minimum atomic E-state index is -1.01. The van der Waals surface area contributed by atoms with Crippen molar-refractivity contribution in [3.8, 4) is 0 Å². The zero-order valence-electron chi connectivity index (χ0n) is 11.3. The van der Waals surface area contributed by atoms with E-state index < -0.39 is 18.1 Å². The van der Waals surface area contributed by atoms with Gasteiger partial charge in [0.05, 0.1) is 6.10 Å². The number of amides is 1. The Hall–Kier alpha value is -1.10. The van der Waals surface area contributed by atoms with E-state index in [1.165, 1.54) is 37.0 Å². The van der Waals surface area contributed by atoms with Gasteiger partial charge in [0.2, 0.25) is 5.91 Å². The Morgan fingerprint density at radius 3 is 2.47 bits per heavy atom. The summed E-state index contributed by atoms with van der Waals surface area (Å²) in [5, 5.41) is 18.6. The molecule has 1 aliphatic carbocycles. The van der Waals surface area contributed by atoms with Crippen LogP contribution in [0.25, 0.3) is 0 Å². The molecular weight excluding hydrogens is 246 g/mol. The summed E-state index contributed by atoms with van der Waals surface area (Å²) in [4.78, 5) is 24.5. The van der Waals surface area contributed by atoms with Gasteiger partial charge in [-0.2, -0.15) is 0 Å². The van der Waals surface area contributed by atoms with E-state index in [4.69, 9.17) is 5.11 Å². The van der Waals surface area contributed by atoms with E-state index in [-0.39, 0.29) is 18.9 Å². The second-order valence-electron chi connectivity index (χ2n) is 5.83. The summed E-state index contributed by atoms with van der Waals surface area (Å²) in [7, 11) is 0. The van der Waals surface area contributed by atoms with Gasteiger partial charge in [-0.1, -0.05) is 32.1 Å². The molecule has 0 aromatic carbocycles. The first-order valence-electron chi connectivity index (χ1n) is 7.28. The molecule has 5 heteroatoms. The summed E-state index contributed by atoms with van der Waals surface area (Å²) in [5.74, 6) is -0.509. The van der Waals surface area contributed by atoms with E-state index in [0.717, 1.165) is 6.42 Å². The molecule has 0 unspecified atom stereocenters. The highest BCUT2D eigenvalue weighted by atomic mass is 16.4. The van der Waals surface area contributed by atoms with E-state index >= 15 is 0 Å². The number of likely N-dealkylation sites (tertiary alicyclic amines) is 1. The predicted molar refractivity (Wildman–Crippen MR) is 69.6 cm³/mol. The molecule has 2 N–H and O–H groups in total. The van der Waals surface area contributed by atoms with Crippen LogP contribution in [0, 0.1) is 5.92 Å². The highest BCUT2D eigenvalue weighted by Crippen LogP contribution is 2.28. The number of carboxylic acid groups (broad SMARTS) is 1. The maximum Gasteiger partial charge on any atom is 0.326 e. The van der Waals surface area contributed by atoms with Gasteiger partial charge in [0.25, 0.3) is 0 Å². The number of carboxylic acids is 1. The van der Waals surface area contributed by atoms with Gasteiger partial charge in [-0.3, -0.25) is 4.79 Å². The van der Waals surface area contributed by atoms with Crippen molar-refractivity contribution in [2.24, 2.45) is 5.92 Å². The Morgan fingerprint density at radius 1 is 1.16 bits per heavy atom. The van der Waals surface area contributed by atoms with Crippen LogP contribution in [0.1, 0.15) is 51.4 Å². The van der Waals surface area contributed by atoms with Crippen LogP contribution in [0.4, 0.5) is 0 Å². The summed E-state index contributed by atoms with van der Waals surface area (Å²) < 4.78 is 0. The maximum atomic E-state index is 12.1. The second-order valence-corrected chi connectivity index (χ2v) is 5.83. The summed E-state index contributed by atoms with van der Waals surface area (Å²) >= 11 is 0. The highest BCUT2D eigenvalue weighted by molar-refractivity contribution is 5.84. The molecule has 0 radical (unpaired) electrons. The standard InChI is InChI=1S/C14H23NO4/c16-11-8-12(14(18)19)15(9-11)13(17)7-6-10-4-2-1-3-5-10/h10-12,16H,1-9H2,(H,18,19)/t11-,12-/m0/s1. The van der Waals surface area contributed by atoms with Crippen molar-refractivity contribution in [2.45, 2.75) is 63.5 Å². The number of β-amino-alcohol motifs (C(OH)–C–C–N with tert-alkyl or cyclic N) is 1. The zero-order chi connectivity index (χ0) is 13.8. The van der Waals surface area contributed by atoms with Crippen LogP contribution in [0.2, 0.25) is 0 Å². The first-order chi connectivity index (χ1) is 9.08. The molecule has 2 rings (SSSR count). The quantitative estimate of drug-likeness (QED) is 0.808. The van der Waals surface area contributed by atoms with Crippen molar-refractivity contribution in [3.63, 3.8) is 0 Å². The van der Waals surface area contributed by atoms with Gasteiger partial charge >= 0.3 is 5.97 Å². The van der Waals surface area contributed by atoms with Gasteiger partial charge in [0.15, 0.2) is 0 Å². The van der Waals surface area contributed by atoms with Crippen LogP contribution in [0.5, 0.6) is 0 Å². The lowest BCUT2D eigenvalue weighted by Crippen LogP contribution is -2.40. The van der Waals surface area contributed by atoms with Crippen LogP contribution < -0.4 is 0 Å². The number of hydrogen-bond donors (Lipinski definition) is 2. The van der Waals surface area contributed by atoms with Gasteiger partial charge in [-0.05, 0) is 12.3 Å². The molecule has 0 bridgehead atoms. The fourth-order valence-corrected chi connectivity index (χ4v) is 3.27. The number of aliphatic carboxylic acids is 1. The Kier molecular flexibility index (Phi) is 4.80. The average molecular weight is 269 g/mol. The minimum Gasteiger partial charge on any atom is -0.480 e. The molecule has 1 heterocycles. The van der Waals surface area contributed by atoms with Crippen LogP contribution >= 0.6 is 0 Å². The first kappa shape index (κ1) is 14.3. The molecule has 19 heavy (non-hydrogen) atoms. The smallest absolute Gasteiger partial charge is 0.326 e. The maximum absolute atomic E-state index is 12.1. The normalized spacial score (nSPS) is 28.6. The molecule has 5 nitrogen and oxygen atoms in total. The largest absolute Gasteiger partial charge is 0.480 e. The molecule has 2 atom stereocenters. The van der Waals surface area contributed by atoms with Crippen LogP contribution in [-0.2, 0) is 9.59 Å². The van der Waals surface area contributed by atoms with E-state index in [1.54, 1.807) is 0 Å². The Labute approximate surface area is 113 Å². The van der Waals surface area contributed by atoms with Crippen LogP contribution in [0.3, 0.4) is 0 Å². The lowest BCUT2D eigenvalue weighted by atomic mass is 9.86. The molecule has 1 amide bonds. The molecule has 0 aromatic heterocycles. The van der Waals surface area contributed by atoms with Gasteiger partial charge < -0.3 is 15.1 Å². The van der Waals surface area contributed by atoms with Crippen LogP contribution in [-0.4, -0.2) is 45.7 Å². The third-order valence-electron chi connectivity index (χ3n) is 4.38. The van der Waals surface area contributed by atoms with Gasteiger partial charge in [0, 0.05) is 19.4 Å². The van der Waals surface area contributed by atoms with Crippen LogP contribution in [0.15, 0.2) is 0 Å². The summed E-state index contributed by atoms with van der Waals surface area (Å²) in [5.41, 5.74) is 0. The number of carbonyl (C=O) groups excluding carboxylic acids is 1. The first-order valence-corrected chi connectivity index (χ1v) is 7.28. The zero-order valence-corrected chi connectivity index (χ0v) is 11.3. The molecule has 2 aliphatic rings. The van der Waals surface area contributed by atoms with Gasteiger partial charge in [0.1, 0.15) is 6.04 Å². The van der Waals surface area contributed by atoms with Crippen molar-refractivity contribution >= 4 is 11.9 Å². The number of carbonyl (C=O) groups is 2. The van der Waals surface area contributed by atoms with E-state index in [0.29, 0.717) is 12.3 Å². The van der Waals surface area contributed by atoms with Crippen molar-refractivity contribution in [1.82, 2.24) is 4.90 Å². The SMILES string of the molecule is O=C(O)[C@@H]1C[C@H](O)CN1C(=O)CCC1CCCCC1. The fraction of sp³-hybridized carbons (Fsp3) is 0.857. The number of aliphatic hydroxyl groups excluding tert-OH is 1. The molecule has 0 spiro atoms. The number of rotatable bonds is 4. The molecule has 1 saturated carbocycles. The second kappa shape index (κ2) is 6.37. The molecule has 108 valence electrons. The van der Waals surface area contributed by atoms with Crippen molar-refractivity contribution in [1.29, 1.82) is 0 Å². The number of nitrogens with zero attached hydrogens (tertiary/aromatic N) is 1. The topological polar surface area (TPSA) is 77.8 Å². The highest BCUT2D eigenvalue weighted by Gasteiger charge is 2.38. The summed E-state index contributed by atoms with van der Waals surface area (Å²) in [6.07, 6.45) is 6.92. The predicted octanol–water partition coefficient (Wildman–Crippen LogP) is 1.39. The molecule has 2 fully saturated rings. The van der Waals surface area contributed by atoms with Crippen molar-refractivity contribution < 1.29 is 19.8 Å². The molecule has 0 aromatic rings. The van der Waals surface area contributed by atoms with Crippen molar-refractivity contribution in [3.05, 3.63) is 0 Å². The average Bonchev–Trinajstić information content (AvgIpc) is 2.79. The minimum absolute atomic E-state index is 0.116. The third kappa shape index (κ3) is 3.69.